The Morgan fingerprint density at radius 1 is 1.29 bits per heavy atom. The zero-order valence-corrected chi connectivity index (χ0v) is 12.1. The van der Waals surface area contributed by atoms with Crippen molar-refractivity contribution in [2.24, 2.45) is 5.73 Å². The number of carbonyl (C=O) groups is 2. The normalized spacial score (nSPS) is 11.3. The molecule has 0 atom stereocenters. The van der Waals surface area contributed by atoms with Gasteiger partial charge in [0.15, 0.2) is 0 Å². The van der Waals surface area contributed by atoms with Crippen LogP contribution in [0.25, 0.3) is 0 Å². The zero-order chi connectivity index (χ0) is 13.5. The van der Waals surface area contributed by atoms with Crippen molar-refractivity contribution in [1.82, 2.24) is 4.90 Å². The number of thioether (sulfide) groups is 1. The summed E-state index contributed by atoms with van der Waals surface area (Å²) >= 11 is 1.85. The van der Waals surface area contributed by atoms with Gasteiger partial charge in [0.2, 0.25) is 11.8 Å². The van der Waals surface area contributed by atoms with Crippen LogP contribution in [0.15, 0.2) is 0 Å². The van der Waals surface area contributed by atoms with E-state index >= 15 is 0 Å². The van der Waals surface area contributed by atoms with Crippen molar-refractivity contribution in [3.05, 3.63) is 0 Å². The highest BCUT2D eigenvalue weighted by Crippen LogP contribution is 2.24. The third-order valence-corrected chi connectivity index (χ3v) is 3.51. The Morgan fingerprint density at radius 3 is 2.29 bits per heavy atom. The van der Waals surface area contributed by atoms with Gasteiger partial charge in [-0.25, -0.2) is 0 Å². The van der Waals surface area contributed by atoms with Crippen LogP contribution in [0.4, 0.5) is 0 Å². The fraction of sp³-hybridized carbons (Fsp3) is 0.833. The fourth-order valence-electron chi connectivity index (χ4n) is 1.32. The summed E-state index contributed by atoms with van der Waals surface area (Å²) in [6.07, 6.45) is 1.33. The van der Waals surface area contributed by atoms with E-state index in [-0.39, 0.29) is 17.2 Å². The van der Waals surface area contributed by atoms with Crippen LogP contribution in [-0.4, -0.2) is 40.3 Å². The lowest BCUT2D eigenvalue weighted by Gasteiger charge is -2.20. The molecule has 2 N–H and O–H groups in total. The van der Waals surface area contributed by atoms with Gasteiger partial charge in [-0.2, -0.15) is 11.8 Å². The number of primary amides is 1. The molecule has 0 fully saturated rings. The summed E-state index contributed by atoms with van der Waals surface area (Å²) in [6.45, 7) is 8.89. The van der Waals surface area contributed by atoms with E-state index in [1.165, 1.54) is 4.90 Å². The highest BCUT2D eigenvalue weighted by molar-refractivity contribution is 8.00. The SMILES string of the molecule is CCN(CC(N)=O)C(=O)CCCSC(C)(C)C. The van der Waals surface area contributed by atoms with Gasteiger partial charge < -0.3 is 10.6 Å². The molecule has 0 aliphatic rings. The van der Waals surface area contributed by atoms with E-state index in [0.29, 0.717) is 13.0 Å². The third kappa shape index (κ3) is 9.03. The predicted molar refractivity (Wildman–Crippen MR) is 72.9 cm³/mol. The van der Waals surface area contributed by atoms with E-state index in [1.807, 2.05) is 18.7 Å². The topological polar surface area (TPSA) is 63.4 Å². The summed E-state index contributed by atoms with van der Waals surface area (Å²) < 4.78 is 0.237. The van der Waals surface area contributed by atoms with Gasteiger partial charge in [0.1, 0.15) is 0 Å². The number of nitrogens with zero attached hydrogens (tertiary/aromatic N) is 1. The molecule has 100 valence electrons. The van der Waals surface area contributed by atoms with Gasteiger partial charge in [-0.1, -0.05) is 20.8 Å². The molecule has 0 bridgehead atoms. The first kappa shape index (κ1) is 16.3. The van der Waals surface area contributed by atoms with Crippen LogP contribution in [0, 0.1) is 0 Å². The standard InChI is InChI=1S/C12H24N2O2S/c1-5-14(9-10(13)15)11(16)7-6-8-17-12(2,3)4/h5-9H2,1-4H3,(H2,13,15). The molecule has 17 heavy (non-hydrogen) atoms. The molecule has 0 unspecified atom stereocenters. The molecule has 0 saturated carbocycles. The minimum atomic E-state index is -0.454. The Bertz CT molecular complexity index is 262. The minimum Gasteiger partial charge on any atom is -0.368 e. The number of likely N-dealkylation sites (N-methyl/N-ethyl adjacent to an activating group) is 1. The average Bonchev–Trinajstić information content (AvgIpc) is 2.19. The summed E-state index contributed by atoms with van der Waals surface area (Å²) in [5.41, 5.74) is 5.08. The van der Waals surface area contributed by atoms with Crippen molar-refractivity contribution in [2.75, 3.05) is 18.8 Å². The van der Waals surface area contributed by atoms with Crippen molar-refractivity contribution in [3.8, 4) is 0 Å². The van der Waals surface area contributed by atoms with Gasteiger partial charge in [0.25, 0.3) is 0 Å². The van der Waals surface area contributed by atoms with Gasteiger partial charge in [-0.05, 0) is 19.1 Å². The summed E-state index contributed by atoms with van der Waals surface area (Å²) in [7, 11) is 0. The predicted octanol–water partition coefficient (Wildman–Crippen LogP) is 1.63. The molecule has 0 saturated heterocycles. The van der Waals surface area contributed by atoms with Crippen molar-refractivity contribution in [1.29, 1.82) is 0 Å². The zero-order valence-electron chi connectivity index (χ0n) is 11.3. The summed E-state index contributed by atoms with van der Waals surface area (Å²) in [6, 6.07) is 0. The molecule has 0 aliphatic heterocycles. The number of hydrogen-bond acceptors (Lipinski definition) is 3. The molecule has 0 aliphatic carbocycles. The first-order valence-corrected chi connectivity index (χ1v) is 6.95. The summed E-state index contributed by atoms with van der Waals surface area (Å²) in [5, 5.41) is 0. The Balaban J connectivity index is 3.87. The molecule has 5 heteroatoms. The number of carbonyl (C=O) groups excluding carboxylic acids is 2. The van der Waals surface area contributed by atoms with Crippen molar-refractivity contribution >= 4 is 23.6 Å². The monoisotopic (exact) mass is 260 g/mol. The van der Waals surface area contributed by atoms with E-state index < -0.39 is 5.91 Å². The highest BCUT2D eigenvalue weighted by atomic mass is 32.2. The van der Waals surface area contributed by atoms with E-state index in [9.17, 15) is 9.59 Å². The minimum absolute atomic E-state index is 0.0146. The van der Waals surface area contributed by atoms with Crippen LogP contribution in [-0.2, 0) is 9.59 Å². The van der Waals surface area contributed by atoms with Gasteiger partial charge in [-0.3, -0.25) is 9.59 Å². The van der Waals surface area contributed by atoms with E-state index in [0.717, 1.165) is 12.2 Å². The molecular formula is C12H24N2O2S. The molecule has 0 radical (unpaired) electrons. The van der Waals surface area contributed by atoms with E-state index in [4.69, 9.17) is 5.73 Å². The van der Waals surface area contributed by atoms with Crippen molar-refractivity contribution in [2.45, 2.75) is 45.3 Å². The maximum Gasteiger partial charge on any atom is 0.237 e. The van der Waals surface area contributed by atoms with E-state index in [2.05, 4.69) is 20.8 Å². The number of nitrogens with two attached hydrogens (primary N) is 1. The molecule has 0 spiro atoms. The lowest BCUT2D eigenvalue weighted by molar-refractivity contribution is -0.134. The second-order valence-corrected chi connectivity index (χ2v) is 6.86. The maximum absolute atomic E-state index is 11.7. The Labute approximate surface area is 108 Å². The van der Waals surface area contributed by atoms with Gasteiger partial charge in [0, 0.05) is 17.7 Å². The summed E-state index contributed by atoms with van der Waals surface area (Å²) in [5.74, 6) is 0.522. The molecule has 0 rings (SSSR count). The third-order valence-electron chi connectivity index (χ3n) is 2.15. The second-order valence-electron chi connectivity index (χ2n) is 4.94. The van der Waals surface area contributed by atoms with Crippen LogP contribution < -0.4 is 5.73 Å². The first-order chi connectivity index (χ1) is 7.76. The maximum atomic E-state index is 11.7. The largest absolute Gasteiger partial charge is 0.368 e. The average molecular weight is 260 g/mol. The summed E-state index contributed by atoms with van der Waals surface area (Å²) in [4.78, 5) is 24.0. The first-order valence-electron chi connectivity index (χ1n) is 5.96. The van der Waals surface area contributed by atoms with Gasteiger partial charge in [-0.15, -0.1) is 0 Å². The number of hydrogen-bond donors (Lipinski definition) is 1. The molecular weight excluding hydrogens is 236 g/mol. The Kier molecular flexibility index (Phi) is 7.27. The number of amides is 2. The lowest BCUT2D eigenvalue weighted by Crippen LogP contribution is -2.38. The van der Waals surface area contributed by atoms with Crippen molar-refractivity contribution in [3.63, 3.8) is 0 Å². The lowest BCUT2D eigenvalue weighted by atomic mass is 10.3. The fourth-order valence-corrected chi connectivity index (χ4v) is 2.23. The second kappa shape index (κ2) is 7.58. The van der Waals surface area contributed by atoms with E-state index in [1.54, 1.807) is 0 Å². The number of rotatable bonds is 7. The van der Waals surface area contributed by atoms with Crippen LogP contribution in [0.1, 0.15) is 40.5 Å². The van der Waals surface area contributed by atoms with Gasteiger partial charge >= 0.3 is 0 Å². The molecule has 0 heterocycles. The highest BCUT2D eigenvalue weighted by Gasteiger charge is 2.14. The van der Waals surface area contributed by atoms with Crippen LogP contribution in [0.3, 0.4) is 0 Å². The van der Waals surface area contributed by atoms with Gasteiger partial charge in [0.05, 0.1) is 6.54 Å². The molecule has 0 aromatic carbocycles. The Hall–Kier alpha value is -0.710. The molecule has 4 nitrogen and oxygen atoms in total. The van der Waals surface area contributed by atoms with Crippen molar-refractivity contribution < 1.29 is 9.59 Å². The Morgan fingerprint density at radius 2 is 1.88 bits per heavy atom. The smallest absolute Gasteiger partial charge is 0.237 e. The molecule has 0 aromatic heterocycles. The molecule has 0 aromatic rings. The van der Waals surface area contributed by atoms with Crippen LogP contribution in [0.5, 0.6) is 0 Å². The van der Waals surface area contributed by atoms with Crippen LogP contribution >= 0.6 is 11.8 Å². The quantitative estimate of drug-likeness (QED) is 0.708. The van der Waals surface area contributed by atoms with Crippen LogP contribution in [0.2, 0.25) is 0 Å². The molecule has 2 amide bonds.